The summed E-state index contributed by atoms with van der Waals surface area (Å²) in [6.07, 6.45) is -1.10. The lowest BCUT2D eigenvalue weighted by Gasteiger charge is -2.15. The van der Waals surface area contributed by atoms with E-state index in [4.69, 9.17) is 9.47 Å². The molecule has 0 fully saturated rings. The molecule has 0 aromatic heterocycles. The normalized spacial score (nSPS) is 11.2. The average molecular weight is 356 g/mol. The smallest absolute Gasteiger partial charge is 0.342 e. The summed E-state index contributed by atoms with van der Waals surface area (Å²) in [5, 5.41) is 0. The van der Waals surface area contributed by atoms with Gasteiger partial charge >= 0.3 is 5.97 Å². The molecule has 0 aliphatic heterocycles. The number of hydrogen-bond donors (Lipinski definition) is 2. The number of ether oxygens (including phenoxy) is 2. The molecular formula is C19H20N2O5. The first-order chi connectivity index (χ1) is 12.5. The molecule has 0 saturated carbocycles. The van der Waals surface area contributed by atoms with Gasteiger partial charge in [-0.2, -0.15) is 0 Å². The quantitative estimate of drug-likeness (QED) is 0.611. The van der Waals surface area contributed by atoms with E-state index >= 15 is 0 Å². The van der Waals surface area contributed by atoms with Crippen LogP contribution in [0.25, 0.3) is 0 Å². The van der Waals surface area contributed by atoms with Gasteiger partial charge in [0.1, 0.15) is 11.3 Å². The van der Waals surface area contributed by atoms with Gasteiger partial charge in [0.05, 0.1) is 6.61 Å². The maximum absolute atomic E-state index is 12.2. The zero-order chi connectivity index (χ0) is 18.9. The Kier molecular flexibility index (Phi) is 6.73. The predicted octanol–water partition coefficient (Wildman–Crippen LogP) is 2.09. The van der Waals surface area contributed by atoms with Gasteiger partial charge in [-0.1, -0.05) is 30.3 Å². The maximum Gasteiger partial charge on any atom is 0.342 e. The first kappa shape index (κ1) is 19.0. The number of para-hydroxylation sites is 1. The Hall–Kier alpha value is -3.35. The van der Waals surface area contributed by atoms with Gasteiger partial charge in [-0.05, 0) is 38.1 Å². The average Bonchev–Trinajstić information content (AvgIpc) is 2.67. The number of esters is 1. The molecule has 2 amide bonds. The number of hydrogen-bond acceptors (Lipinski definition) is 5. The van der Waals surface area contributed by atoms with Crippen molar-refractivity contribution >= 4 is 17.8 Å². The fraction of sp³-hybridized carbons (Fsp3) is 0.211. The first-order valence-corrected chi connectivity index (χ1v) is 8.11. The van der Waals surface area contributed by atoms with Crippen molar-refractivity contribution in [3.63, 3.8) is 0 Å². The summed E-state index contributed by atoms with van der Waals surface area (Å²) in [4.78, 5) is 36.1. The number of carbonyl (C=O) groups excluding carboxylic acids is 3. The summed E-state index contributed by atoms with van der Waals surface area (Å²) in [5.41, 5.74) is 5.12. The number of rotatable bonds is 6. The molecule has 2 N–H and O–H groups in total. The van der Waals surface area contributed by atoms with E-state index in [1.54, 1.807) is 61.5 Å². The van der Waals surface area contributed by atoms with Crippen molar-refractivity contribution in [1.29, 1.82) is 0 Å². The van der Waals surface area contributed by atoms with Crippen LogP contribution >= 0.6 is 0 Å². The van der Waals surface area contributed by atoms with E-state index in [9.17, 15) is 14.4 Å². The lowest BCUT2D eigenvalue weighted by atomic mass is 10.2. The van der Waals surface area contributed by atoms with Gasteiger partial charge in [0, 0.05) is 5.56 Å². The van der Waals surface area contributed by atoms with Gasteiger partial charge < -0.3 is 9.47 Å². The summed E-state index contributed by atoms with van der Waals surface area (Å²) in [6, 6.07) is 15.0. The Morgan fingerprint density at radius 1 is 0.962 bits per heavy atom. The van der Waals surface area contributed by atoms with Crippen LogP contribution in [0.4, 0.5) is 0 Å². The molecule has 7 heteroatoms. The molecule has 136 valence electrons. The Morgan fingerprint density at radius 2 is 1.62 bits per heavy atom. The lowest BCUT2D eigenvalue weighted by Crippen LogP contribution is -2.46. The van der Waals surface area contributed by atoms with E-state index in [1.165, 1.54) is 6.92 Å². The molecule has 2 aromatic carbocycles. The Bertz CT molecular complexity index is 777. The number of nitrogens with one attached hydrogen (secondary N) is 2. The zero-order valence-corrected chi connectivity index (χ0v) is 14.5. The highest BCUT2D eigenvalue weighted by Crippen LogP contribution is 2.19. The highest BCUT2D eigenvalue weighted by atomic mass is 16.5. The van der Waals surface area contributed by atoms with E-state index < -0.39 is 23.9 Å². The minimum Gasteiger partial charge on any atom is -0.493 e. The van der Waals surface area contributed by atoms with E-state index in [1.807, 2.05) is 0 Å². The summed E-state index contributed by atoms with van der Waals surface area (Å²) >= 11 is 0. The van der Waals surface area contributed by atoms with Crippen LogP contribution in [0, 0.1) is 0 Å². The predicted molar refractivity (Wildman–Crippen MR) is 94.5 cm³/mol. The van der Waals surface area contributed by atoms with Gasteiger partial charge in [0.15, 0.2) is 6.10 Å². The van der Waals surface area contributed by atoms with E-state index in [0.29, 0.717) is 17.9 Å². The molecule has 0 spiro atoms. The molecule has 26 heavy (non-hydrogen) atoms. The highest BCUT2D eigenvalue weighted by molar-refractivity contribution is 5.97. The third-order valence-corrected chi connectivity index (χ3v) is 3.40. The Morgan fingerprint density at radius 3 is 2.31 bits per heavy atom. The van der Waals surface area contributed by atoms with Crippen LogP contribution in [-0.2, 0) is 9.53 Å². The van der Waals surface area contributed by atoms with Crippen molar-refractivity contribution in [2.24, 2.45) is 0 Å². The Labute approximate surface area is 151 Å². The monoisotopic (exact) mass is 356 g/mol. The topological polar surface area (TPSA) is 93.7 Å². The van der Waals surface area contributed by atoms with Crippen LogP contribution in [-0.4, -0.2) is 30.5 Å². The molecule has 2 rings (SSSR count). The van der Waals surface area contributed by atoms with Gasteiger partial charge in [-0.15, -0.1) is 0 Å². The molecule has 7 nitrogen and oxygen atoms in total. The fourth-order valence-corrected chi connectivity index (χ4v) is 2.08. The van der Waals surface area contributed by atoms with Crippen LogP contribution < -0.4 is 15.6 Å². The van der Waals surface area contributed by atoms with Crippen LogP contribution in [0.15, 0.2) is 54.6 Å². The second-order valence-corrected chi connectivity index (χ2v) is 5.29. The number of amides is 2. The lowest BCUT2D eigenvalue weighted by molar-refractivity contribution is -0.129. The SMILES string of the molecule is CCOc1ccccc1C(=O)O[C@H](C)C(=O)NNC(=O)c1ccccc1. The third-order valence-electron chi connectivity index (χ3n) is 3.40. The highest BCUT2D eigenvalue weighted by Gasteiger charge is 2.21. The summed E-state index contributed by atoms with van der Waals surface area (Å²) in [7, 11) is 0. The zero-order valence-electron chi connectivity index (χ0n) is 14.5. The second kappa shape index (κ2) is 9.22. The van der Waals surface area contributed by atoms with E-state index in [2.05, 4.69) is 10.9 Å². The summed E-state index contributed by atoms with van der Waals surface area (Å²) < 4.78 is 10.5. The minimum atomic E-state index is -1.10. The number of hydrazine groups is 1. The molecule has 0 aliphatic carbocycles. The summed E-state index contributed by atoms with van der Waals surface area (Å²) in [5.74, 6) is -1.44. The third kappa shape index (κ3) is 5.07. The van der Waals surface area contributed by atoms with Crippen LogP contribution in [0.2, 0.25) is 0 Å². The van der Waals surface area contributed by atoms with Gasteiger partial charge in [0.2, 0.25) is 0 Å². The largest absolute Gasteiger partial charge is 0.493 e. The summed E-state index contributed by atoms with van der Waals surface area (Å²) in [6.45, 7) is 3.60. The van der Waals surface area contributed by atoms with E-state index in [-0.39, 0.29) is 5.56 Å². The van der Waals surface area contributed by atoms with Gasteiger partial charge in [-0.3, -0.25) is 20.4 Å². The molecule has 1 atom stereocenters. The van der Waals surface area contributed by atoms with Crippen molar-refractivity contribution in [2.75, 3.05) is 6.61 Å². The molecule has 0 unspecified atom stereocenters. The van der Waals surface area contributed by atoms with E-state index in [0.717, 1.165) is 0 Å². The van der Waals surface area contributed by atoms with Crippen molar-refractivity contribution in [1.82, 2.24) is 10.9 Å². The molecule has 0 heterocycles. The van der Waals surface area contributed by atoms with Crippen LogP contribution in [0.5, 0.6) is 5.75 Å². The van der Waals surface area contributed by atoms with Crippen molar-refractivity contribution < 1.29 is 23.9 Å². The van der Waals surface area contributed by atoms with Crippen LogP contribution in [0.1, 0.15) is 34.6 Å². The van der Waals surface area contributed by atoms with Gasteiger partial charge in [-0.25, -0.2) is 4.79 Å². The second-order valence-electron chi connectivity index (χ2n) is 5.29. The van der Waals surface area contributed by atoms with Crippen molar-refractivity contribution in [3.05, 3.63) is 65.7 Å². The molecule has 0 saturated heterocycles. The molecule has 0 bridgehead atoms. The number of benzene rings is 2. The molecule has 0 radical (unpaired) electrons. The molecule has 0 aliphatic rings. The molecule has 2 aromatic rings. The fourth-order valence-electron chi connectivity index (χ4n) is 2.08. The van der Waals surface area contributed by atoms with Crippen molar-refractivity contribution in [3.8, 4) is 5.75 Å². The Balaban J connectivity index is 1.90. The maximum atomic E-state index is 12.2. The standard InChI is InChI=1S/C19H20N2O5/c1-3-25-16-12-8-7-11-15(16)19(24)26-13(2)17(22)20-21-18(23)14-9-5-4-6-10-14/h4-13H,3H2,1-2H3,(H,20,22)(H,21,23)/t13-/m1/s1. The molecular weight excluding hydrogens is 336 g/mol. The number of carbonyl (C=O) groups is 3. The van der Waals surface area contributed by atoms with Crippen LogP contribution in [0.3, 0.4) is 0 Å². The first-order valence-electron chi connectivity index (χ1n) is 8.11. The van der Waals surface area contributed by atoms with Crippen molar-refractivity contribution in [2.45, 2.75) is 20.0 Å². The minimum absolute atomic E-state index is 0.224. The van der Waals surface area contributed by atoms with Gasteiger partial charge in [0.25, 0.3) is 11.8 Å².